The number of hydrogen-bond acceptors (Lipinski definition) is 10. The van der Waals surface area contributed by atoms with Crippen LogP contribution >= 0.6 is 0 Å². The van der Waals surface area contributed by atoms with E-state index >= 15 is 0 Å². The fourth-order valence-electron chi connectivity index (χ4n) is 4.82. The summed E-state index contributed by atoms with van der Waals surface area (Å²) in [4.78, 5) is 15.3. The van der Waals surface area contributed by atoms with Crippen LogP contribution in [0.3, 0.4) is 0 Å². The zero-order valence-corrected chi connectivity index (χ0v) is 24.1. The predicted molar refractivity (Wildman–Crippen MR) is 156 cm³/mol. The molecule has 1 fully saturated rings. The van der Waals surface area contributed by atoms with Crippen LogP contribution in [0.2, 0.25) is 0 Å². The van der Waals surface area contributed by atoms with Gasteiger partial charge in [0, 0.05) is 61.8 Å². The number of ether oxygens (including phenoxy) is 3. The molecule has 4 aromatic rings. The zero-order valence-electron chi connectivity index (χ0n) is 24.1. The molecule has 0 amide bonds. The van der Waals surface area contributed by atoms with Crippen molar-refractivity contribution in [2.24, 2.45) is 0 Å². The second-order valence-electron chi connectivity index (χ2n) is 9.84. The van der Waals surface area contributed by atoms with Crippen LogP contribution in [0.4, 0.5) is 30.8 Å². The summed E-state index contributed by atoms with van der Waals surface area (Å²) in [5, 5.41) is 5.92. The Hall–Kier alpha value is -4.52. The molecule has 5 rings (SSSR count). The Balaban J connectivity index is 1.38. The number of methoxy groups -OCH3 is 2. The summed E-state index contributed by atoms with van der Waals surface area (Å²) in [6.45, 7) is 3.63. The lowest BCUT2D eigenvalue weighted by Gasteiger charge is -2.31. The molecule has 43 heavy (non-hydrogen) atoms. The third kappa shape index (κ3) is 7.11. The topological polar surface area (TPSA) is 107 Å². The smallest absolute Gasteiger partial charge is 0.295 e. The average Bonchev–Trinajstić information content (AvgIpc) is 3.44. The van der Waals surface area contributed by atoms with Crippen LogP contribution in [0.5, 0.6) is 17.2 Å². The quantitative estimate of drug-likeness (QED) is 0.199. The van der Waals surface area contributed by atoms with Gasteiger partial charge in [0.15, 0.2) is 23.1 Å². The second-order valence-corrected chi connectivity index (χ2v) is 9.84. The Morgan fingerprint density at radius 2 is 1.70 bits per heavy atom. The Kier molecular flexibility index (Phi) is 9.50. The number of anilines is 3. The first-order chi connectivity index (χ1) is 20.9. The van der Waals surface area contributed by atoms with E-state index in [2.05, 4.69) is 25.6 Å². The molecule has 1 aliphatic rings. The van der Waals surface area contributed by atoms with E-state index in [4.69, 9.17) is 18.6 Å². The largest absolute Gasteiger partial charge is 0.497 e. The summed E-state index contributed by atoms with van der Waals surface area (Å²) in [5.74, 6) is -0.598. The van der Waals surface area contributed by atoms with E-state index in [0.29, 0.717) is 73.2 Å². The summed E-state index contributed by atoms with van der Waals surface area (Å²) in [6.07, 6.45) is 2.25. The number of alkyl halides is 1. The molecule has 2 aromatic carbocycles. The summed E-state index contributed by atoms with van der Waals surface area (Å²) in [7, 11) is 3.11. The highest BCUT2D eigenvalue weighted by Gasteiger charge is 2.24. The van der Waals surface area contributed by atoms with Crippen LogP contribution in [0.25, 0.3) is 22.7 Å². The normalized spacial score (nSPS) is 14.0. The number of nitrogens with zero attached hydrogens (tertiary/aromatic N) is 4. The molecule has 3 heterocycles. The first-order valence-electron chi connectivity index (χ1n) is 13.9. The molecule has 0 radical (unpaired) electrons. The minimum atomic E-state index is -0.857. The average molecular weight is 599 g/mol. The number of oxazole rings is 1. The zero-order chi connectivity index (χ0) is 30.3. The standard InChI is InChI=1S/C30H33F3N6O4/c1-4-34-30-38-26(18-13-21(40-2)17-22(14-18)41-3)28(43-30)25-5-9-35-29(37-25)36-19-15-23(32)27(24(33)16-19)42-20-6-10-39(11-7-20)12-8-31/h5,9,13-17,20H,4,6-8,10-12H2,1-3H3,(H,34,38)(H,35,36,37). The second kappa shape index (κ2) is 13.6. The van der Waals surface area contributed by atoms with Gasteiger partial charge in [-0.2, -0.15) is 4.98 Å². The number of nitrogens with one attached hydrogen (secondary N) is 2. The van der Waals surface area contributed by atoms with Gasteiger partial charge in [0.1, 0.15) is 35.7 Å². The number of rotatable bonds is 12. The number of piperidine rings is 1. The molecule has 1 saturated heterocycles. The number of benzene rings is 2. The van der Waals surface area contributed by atoms with Gasteiger partial charge in [0.05, 0.1) is 14.2 Å². The monoisotopic (exact) mass is 598 g/mol. The van der Waals surface area contributed by atoms with Crippen LogP contribution in [-0.2, 0) is 0 Å². The van der Waals surface area contributed by atoms with E-state index in [1.54, 1.807) is 38.5 Å². The fourth-order valence-corrected chi connectivity index (χ4v) is 4.82. The van der Waals surface area contributed by atoms with Gasteiger partial charge in [0.2, 0.25) is 5.95 Å². The summed E-state index contributed by atoms with van der Waals surface area (Å²) in [6, 6.07) is 9.50. The minimum Gasteiger partial charge on any atom is -0.497 e. The highest BCUT2D eigenvalue weighted by Crippen LogP contribution is 2.37. The lowest BCUT2D eigenvalue weighted by molar-refractivity contribution is 0.0902. The minimum absolute atomic E-state index is 0.0841. The van der Waals surface area contributed by atoms with Crippen LogP contribution in [-0.4, -0.2) is 73.0 Å². The van der Waals surface area contributed by atoms with Crippen molar-refractivity contribution >= 4 is 17.7 Å². The Morgan fingerprint density at radius 3 is 2.33 bits per heavy atom. The Bertz CT molecular complexity index is 1500. The first-order valence-corrected chi connectivity index (χ1v) is 13.9. The number of hydrogen-bond donors (Lipinski definition) is 2. The molecule has 0 saturated carbocycles. The van der Waals surface area contributed by atoms with E-state index in [-0.39, 0.29) is 23.8 Å². The first kappa shape index (κ1) is 30.0. The van der Waals surface area contributed by atoms with Gasteiger partial charge in [-0.15, -0.1) is 0 Å². The van der Waals surface area contributed by atoms with Crippen molar-refractivity contribution in [2.45, 2.75) is 25.9 Å². The predicted octanol–water partition coefficient (Wildman–Crippen LogP) is 6.08. The van der Waals surface area contributed by atoms with Gasteiger partial charge < -0.3 is 34.2 Å². The van der Waals surface area contributed by atoms with Gasteiger partial charge in [-0.25, -0.2) is 23.1 Å². The molecule has 0 unspecified atom stereocenters. The van der Waals surface area contributed by atoms with Gasteiger partial charge in [0.25, 0.3) is 6.01 Å². The van der Waals surface area contributed by atoms with Crippen LogP contribution < -0.4 is 24.8 Å². The summed E-state index contributed by atoms with van der Waals surface area (Å²) in [5.41, 5.74) is 1.62. The maximum atomic E-state index is 15.0. The van der Waals surface area contributed by atoms with Gasteiger partial charge in [-0.3, -0.25) is 0 Å². The maximum absolute atomic E-state index is 15.0. The highest BCUT2D eigenvalue weighted by molar-refractivity contribution is 5.78. The maximum Gasteiger partial charge on any atom is 0.295 e. The van der Waals surface area contributed by atoms with E-state index in [9.17, 15) is 13.2 Å². The molecular formula is C30H33F3N6O4. The molecule has 0 bridgehead atoms. The van der Waals surface area contributed by atoms with Crippen LogP contribution in [0.1, 0.15) is 19.8 Å². The number of likely N-dealkylation sites (tertiary alicyclic amines) is 1. The van der Waals surface area contributed by atoms with E-state index in [1.807, 2.05) is 11.8 Å². The molecule has 228 valence electrons. The molecule has 13 heteroatoms. The van der Waals surface area contributed by atoms with Crippen molar-refractivity contribution in [1.29, 1.82) is 0 Å². The molecular weight excluding hydrogens is 565 g/mol. The van der Waals surface area contributed by atoms with Crippen molar-refractivity contribution in [3.8, 4) is 40.0 Å². The van der Waals surface area contributed by atoms with Crippen molar-refractivity contribution in [1.82, 2.24) is 19.9 Å². The van der Waals surface area contributed by atoms with E-state index in [1.165, 1.54) is 6.20 Å². The third-order valence-electron chi connectivity index (χ3n) is 6.94. The lowest BCUT2D eigenvalue weighted by Crippen LogP contribution is -2.39. The molecule has 0 atom stereocenters. The van der Waals surface area contributed by atoms with Crippen molar-refractivity contribution in [2.75, 3.05) is 57.7 Å². The summed E-state index contributed by atoms with van der Waals surface area (Å²) < 4.78 is 65.1. The number of halogens is 3. The summed E-state index contributed by atoms with van der Waals surface area (Å²) >= 11 is 0. The SMILES string of the molecule is CCNc1nc(-c2cc(OC)cc(OC)c2)c(-c2ccnc(Nc3cc(F)c(OC4CCN(CCF)CC4)c(F)c3)n2)o1. The van der Waals surface area contributed by atoms with E-state index in [0.717, 1.165) is 12.1 Å². The van der Waals surface area contributed by atoms with Crippen LogP contribution in [0.15, 0.2) is 47.0 Å². The molecule has 1 aliphatic heterocycles. The molecule has 0 spiro atoms. The molecule has 2 N–H and O–H groups in total. The molecule has 2 aromatic heterocycles. The van der Waals surface area contributed by atoms with Gasteiger partial charge in [-0.05, 0) is 38.0 Å². The van der Waals surface area contributed by atoms with Crippen molar-refractivity contribution in [3.05, 3.63) is 54.2 Å². The lowest BCUT2D eigenvalue weighted by atomic mass is 10.1. The van der Waals surface area contributed by atoms with Crippen LogP contribution in [0, 0.1) is 11.6 Å². The Labute approximate surface area is 247 Å². The van der Waals surface area contributed by atoms with E-state index < -0.39 is 24.1 Å². The van der Waals surface area contributed by atoms with Crippen molar-refractivity contribution in [3.63, 3.8) is 0 Å². The van der Waals surface area contributed by atoms with Crippen molar-refractivity contribution < 1.29 is 31.8 Å². The highest BCUT2D eigenvalue weighted by atomic mass is 19.1. The third-order valence-corrected chi connectivity index (χ3v) is 6.94. The fraction of sp³-hybridized carbons (Fsp3) is 0.367. The molecule has 0 aliphatic carbocycles. The Morgan fingerprint density at radius 1 is 1.00 bits per heavy atom. The van der Waals surface area contributed by atoms with Gasteiger partial charge >= 0.3 is 0 Å². The number of aromatic nitrogens is 3. The van der Waals surface area contributed by atoms with Gasteiger partial charge in [-0.1, -0.05) is 0 Å². The molecule has 10 nitrogen and oxygen atoms in total.